The van der Waals surface area contributed by atoms with Gasteiger partial charge in [-0.25, -0.2) is 22.4 Å². The third-order valence-corrected chi connectivity index (χ3v) is 10.5. The van der Waals surface area contributed by atoms with Crippen molar-refractivity contribution in [2.75, 3.05) is 12.4 Å². The van der Waals surface area contributed by atoms with Crippen LogP contribution in [-0.4, -0.2) is 67.7 Å². The maximum absolute atomic E-state index is 15.4. The van der Waals surface area contributed by atoms with Crippen LogP contribution in [0.2, 0.25) is 0 Å². The molecule has 54 heavy (non-hydrogen) atoms. The lowest BCUT2D eigenvalue weighted by Gasteiger charge is -2.28. The van der Waals surface area contributed by atoms with E-state index in [0.717, 1.165) is 18.2 Å². The molecule has 5 unspecified atom stereocenters. The minimum atomic E-state index is -5.67. The van der Waals surface area contributed by atoms with Crippen LogP contribution in [0, 0.1) is 23.6 Å². The number of halogens is 4. The number of anilines is 1. The van der Waals surface area contributed by atoms with E-state index in [-0.39, 0.29) is 40.8 Å². The predicted octanol–water partition coefficient (Wildman–Crippen LogP) is 5.87. The number of sulfone groups is 1. The van der Waals surface area contributed by atoms with Crippen LogP contribution in [0.1, 0.15) is 43.1 Å². The summed E-state index contributed by atoms with van der Waals surface area (Å²) in [6.07, 6.45) is 3.11. The number of alkyl carbamates (subject to hydrolysis) is 1. The van der Waals surface area contributed by atoms with E-state index in [9.17, 15) is 45.9 Å². The van der Waals surface area contributed by atoms with Crippen LogP contribution in [-0.2, 0) is 30.6 Å². The SMILES string of the molecule is COc1cc(F)c(-c2ccc(CC(NC(=O)OC(C)(C)C)C(=O)O)cc2)cc1C(=O)NC1C2C=CC(C2)C1C(=O)Nc1cccc(S(=O)(=O)C(F)(F)F)c1. The first-order valence-electron chi connectivity index (χ1n) is 16.6. The second-order valence-corrected chi connectivity index (χ2v) is 15.9. The molecule has 1 fully saturated rings. The van der Waals surface area contributed by atoms with Crippen LogP contribution >= 0.6 is 0 Å². The molecule has 2 aliphatic rings. The average Bonchev–Trinajstić information content (AvgIpc) is 3.69. The molecule has 3 amide bonds. The summed E-state index contributed by atoms with van der Waals surface area (Å²) in [6, 6.07) is 10.1. The zero-order valence-corrected chi connectivity index (χ0v) is 30.2. The highest BCUT2D eigenvalue weighted by atomic mass is 32.2. The minimum absolute atomic E-state index is 0.00462. The number of allylic oxidation sites excluding steroid dienone is 1. The third-order valence-electron chi connectivity index (χ3n) is 9.00. The van der Waals surface area contributed by atoms with Crippen molar-refractivity contribution >= 4 is 39.4 Å². The molecule has 0 heterocycles. The summed E-state index contributed by atoms with van der Waals surface area (Å²) in [7, 11) is -4.43. The van der Waals surface area contributed by atoms with Crippen LogP contribution in [0.15, 0.2) is 77.7 Å². The van der Waals surface area contributed by atoms with Crippen molar-refractivity contribution in [3.05, 3.63) is 89.8 Å². The number of hydrogen-bond acceptors (Lipinski definition) is 8. The molecule has 2 bridgehead atoms. The summed E-state index contributed by atoms with van der Waals surface area (Å²) in [6.45, 7) is 4.90. The van der Waals surface area contributed by atoms with Gasteiger partial charge in [0.1, 0.15) is 23.2 Å². The molecule has 288 valence electrons. The number of alkyl halides is 3. The Hall–Kier alpha value is -5.45. The molecule has 17 heteroatoms. The van der Waals surface area contributed by atoms with E-state index < -0.39 is 73.5 Å². The van der Waals surface area contributed by atoms with Gasteiger partial charge in [-0.2, -0.15) is 13.2 Å². The lowest BCUT2D eigenvalue weighted by molar-refractivity contribution is -0.139. The van der Waals surface area contributed by atoms with Crippen molar-refractivity contribution in [3.8, 4) is 16.9 Å². The Morgan fingerprint density at radius 1 is 0.963 bits per heavy atom. The van der Waals surface area contributed by atoms with Gasteiger partial charge in [0, 0.05) is 29.8 Å². The van der Waals surface area contributed by atoms with Gasteiger partial charge in [0.25, 0.3) is 15.7 Å². The number of methoxy groups -OCH3 is 1. The van der Waals surface area contributed by atoms with Crippen LogP contribution in [0.5, 0.6) is 5.75 Å². The van der Waals surface area contributed by atoms with Crippen molar-refractivity contribution in [1.82, 2.24) is 10.6 Å². The highest BCUT2D eigenvalue weighted by molar-refractivity contribution is 7.92. The summed E-state index contributed by atoms with van der Waals surface area (Å²) in [4.78, 5) is 50.3. The summed E-state index contributed by atoms with van der Waals surface area (Å²) >= 11 is 0. The molecule has 3 aromatic carbocycles. The molecule has 0 saturated heterocycles. The van der Waals surface area contributed by atoms with Crippen molar-refractivity contribution in [2.45, 2.75) is 61.7 Å². The van der Waals surface area contributed by atoms with Gasteiger partial charge in [-0.05, 0) is 74.4 Å². The molecule has 0 radical (unpaired) electrons. The van der Waals surface area contributed by atoms with Crippen LogP contribution in [0.25, 0.3) is 11.1 Å². The van der Waals surface area contributed by atoms with Gasteiger partial charge in [-0.3, -0.25) is 9.59 Å². The maximum atomic E-state index is 15.4. The van der Waals surface area contributed by atoms with E-state index in [0.29, 0.717) is 23.6 Å². The monoisotopic (exact) mass is 775 g/mol. The zero-order valence-electron chi connectivity index (χ0n) is 29.4. The number of aliphatic carboxylic acids is 1. The number of hydrogen-bond donors (Lipinski definition) is 4. The van der Waals surface area contributed by atoms with E-state index in [1.165, 1.54) is 31.4 Å². The topological polar surface area (TPSA) is 177 Å². The van der Waals surface area contributed by atoms with Gasteiger partial charge >= 0.3 is 17.6 Å². The number of benzene rings is 3. The molecular formula is C37H37F4N3O9S. The number of ether oxygens (including phenoxy) is 2. The van der Waals surface area contributed by atoms with Crippen molar-refractivity contribution in [2.24, 2.45) is 17.8 Å². The summed E-state index contributed by atoms with van der Waals surface area (Å²) in [5.41, 5.74) is -5.81. The Kier molecular flexibility index (Phi) is 11.1. The molecule has 2 aliphatic carbocycles. The number of fused-ring (bicyclic) bond motifs is 2. The van der Waals surface area contributed by atoms with E-state index in [4.69, 9.17) is 9.47 Å². The third kappa shape index (κ3) is 8.67. The zero-order chi connectivity index (χ0) is 39.7. The highest BCUT2D eigenvalue weighted by Crippen LogP contribution is 2.45. The average molecular weight is 776 g/mol. The number of amides is 3. The van der Waals surface area contributed by atoms with Crippen molar-refractivity contribution in [1.29, 1.82) is 0 Å². The van der Waals surface area contributed by atoms with E-state index >= 15 is 4.39 Å². The molecule has 3 aromatic rings. The molecular weight excluding hydrogens is 738 g/mol. The Balaban J connectivity index is 1.34. The van der Waals surface area contributed by atoms with E-state index in [2.05, 4.69) is 16.0 Å². The summed E-state index contributed by atoms with van der Waals surface area (Å²) < 4.78 is 89.1. The predicted molar refractivity (Wildman–Crippen MR) is 187 cm³/mol. The molecule has 4 N–H and O–H groups in total. The lowest BCUT2D eigenvalue weighted by Crippen LogP contribution is -2.47. The first-order valence-corrected chi connectivity index (χ1v) is 18.1. The minimum Gasteiger partial charge on any atom is -0.496 e. The van der Waals surface area contributed by atoms with Gasteiger partial charge in [0.2, 0.25) is 5.91 Å². The van der Waals surface area contributed by atoms with Gasteiger partial charge in [-0.15, -0.1) is 0 Å². The van der Waals surface area contributed by atoms with Gasteiger partial charge < -0.3 is 30.5 Å². The first-order chi connectivity index (χ1) is 25.2. The molecule has 12 nitrogen and oxygen atoms in total. The highest BCUT2D eigenvalue weighted by Gasteiger charge is 2.50. The first kappa shape index (κ1) is 39.8. The van der Waals surface area contributed by atoms with Gasteiger partial charge in [0.15, 0.2) is 0 Å². The number of rotatable bonds is 11. The normalized spacial score (nSPS) is 19.9. The Morgan fingerprint density at radius 2 is 1.63 bits per heavy atom. The standard InChI is InChI=1S/C37H37F4N3O9S/c1-36(2,3)53-35(49)43-28(34(47)48)14-19-8-10-20(11-9-19)25-17-26(29(52-4)18-27(25)38)32(45)44-31-22-13-12-21(15-22)30(31)33(46)42-23-6-5-7-24(16-23)54(50,51)37(39,40)41/h5-13,16-18,21-22,28,30-31H,14-15H2,1-4H3,(H,42,46)(H,43,49)(H,44,45)(H,47,48). The number of nitrogens with one attached hydrogen (secondary N) is 3. The van der Waals surface area contributed by atoms with Crippen molar-refractivity contribution < 1.29 is 59.7 Å². The lowest BCUT2D eigenvalue weighted by atomic mass is 9.87. The quantitative estimate of drug-likeness (QED) is 0.137. The fourth-order valence-corrected chi connectivity index (χ4v) is 7.34. The van der Waals surface area contributed by atoms with Gasteiger partial charge in [-0.1, -0.05) is 42.5 Å². The van der Waals surface area contributed by atoms with E-state index in [1.807, 2.05) is 6.08 Å². The van der Waals surface area contributed by atoms with Crippen LogP contribution < -0.4 is 20.7 Å². The Bertz CT molecular complexity index is 2100. The molecule has 1 saturated carbocycles. The van der Waals surface area contributed by atoms with Crippen molar-refractivity contribution in [3.63, 3.8) is 0 Å². The summed E-state index contributed by atoms with van der Waals surface area (Å²) in [5.74, 6) is -5.01. The molecule has 0 spiro atoms. The van der Waals surface area contributed by atoms with Crippen LogP contribution in [0.3, 0.4) is 0 Å². The summed E-state index contributed by atoms with van der Waals surface area (Å²) in [5, 5.41) is 17.3. The number of carboxylic acids is 1. The molecule has 5 rings (SSSR count). The Labute approximate surface area is 307 Å². The van der Waals surface area contributed by atoms with Gasteiger partial charge in [0.05, 0.1) is 23.5 Å². The van der Waals surface area contributed by atoms with Crippen LogP contribution in [0.4, 0.5) is 28.0 Å². The molecule has 5 atom stereocenters. The maximum Gasteiger partial charge on any atom is 0.501 e. The molecule has 0 aliphatic heterocycles. The number of carbonyl (C=O) groups excluding carboxylic acids is 3. The van der Waals surface area contributed by atoms with E-state index in [1.54, 1.807) is 39.0 Å². The number of carbonyl (C=O) groups is 4. The number of carboxylic acid groups (broad SMARTS) is 1. The Morgan fingerprint density at radius 3 is 2.24 bits per heavy atom. The second kappa shape index (κ2) is 15.1. The second-order valence-electron chi connectivity index (χ2n) is 13.9. The smallest absolute Gasteiger partial charge is 0.496 e. The fraction of sp³-hybridized carbons (Fsp3) is 0.351. The largest absolute Gasteiger partial charge is 0.501 e. The molecule has 0 aromatic heterocycles. The fourth-order valence-electron chi connectivity index (χ4n) is 6.53.